The van der Waals surface area contributed by atoms with Gasteiger partial charge >= 0.3 is 0 Å². The molecule has 0 radical (unpaired) electrons. The molecule has 0 fully saturated rings. The normalized spacial score (nSPS) is 11.7. The van der Waals surface area contributed by atoms with Crippen LogP contribution in [0.2, 0.25) is 0 Å². The maximum atomic E-state index is 12.7. The first-order valence-electron chi connectivity index (χ1n) is 7.62. The van der Waals surface area contributed by atoms with Crippen LogP contribution in [0.1, 0.15) is 39.3 Å². The van der Waals surface area contributed by atoms with E-state index >= 15 is 0 Å². The van der Waals surface area contributed by atoms with Crippen LogP contribution >= 0.6 is 0 Å². The van der Waals surface area contributed by atoms with Gasteiger partial charge < -0.3 is 10.0 Å². The lowest BCUT2D eigenvalue weighted by molar-refractivity contribution is -0.127. The zero-order valence-corrected chi connectivity index (χ0v) is 15.1. The summed E-state index contributed by atoms with van der Waals surface area (Å²) in [7, 11) is 2.84. The van der Waals surface area contributed by atoms with Crippen molar-refractivity contribution in [3.63, 3.8) is 0 Å². The minimum Gasteiger partial charge on any atom is -0.400 e. The second-order valence-corrected chi connectivity index (χ2v) is 5.67. The molecule has 0 aromatic heterocycles. The van der Waals surface area contributed by atoms with Crippen molar-refractivity contribution in [1.82, 2.24) is 4.90 Å². The van der Waals surface area contributed by atoms with Crippen LogP contribution in [0.3, 0.4) is 0 Å². The average Bonchev–Trinajstić information content (AvgIpc) is 2.54. The minimum atomic E-state index is 0.00977. The van der Waals surface area contributed by atoms with Crippen LogP contribution in [0.5, 0.6) is 0 Å². The number of aliphatic hydroxyl groups excluding tert-OH is 1. The molecule has 3 nitrogen and oxygen atoms in total. The number of hydrogen-bond donors (Lipinski definition) is 1. The van der Waals surface area contributed by atoms with Gasteiger partial charge in [-0.05, 0) is 39.3 Å². The van der Waals surface area contributed by atoms with Gasteiger partial charge in [0.1, 0.15) is 0 Å². The molecule has 0 aliphatic rings. The van der Waals surface area contributed by atoms with Crippen molar-refractivity contribution in [3.8, 4) is 0 Å². The Bertz CT molecular complexity index is 567. The molecule has 0 spiro atoms. The van der Waals surface area contributed by atoms with Gasteiger partial charge in [-0.3, -0.25) is 4.79 Å². The van der Waals surface area contributed by atoms with Crippen molar-refractivity contribution in [1.29, 1.82) is 0 Å². The Labute approximate surface area is 140 Å². The summed E-state index contributed by atoms with van der Waals surface area (Å²) in [5, 5.41) is 7.00. The maximum absolute atomic E-state index is 12.7. The van der Waals surface area contributed by atoms with E-state index in [9.17, 15) is 4.79 Å². The lowest BCUT2D eigenvalue weighted by Gasteiger charge is -2.26. The van der Waals surface area contributed by atoms with Gasteiger partial charge in [0.05, 0.1) is 6.04 Å². The Balaban J connectivity index is 0.00000232. The molecular weight excluding hydrogens is 286 g/mol. The van der Waals surface area contributed by atoms with Crippen molar-refractivity contribution in [2.75, 3.05) is 14.2 Å². The highest BCUT2D eigenvalue weighted by molar-refractivity contribution is 5.96. The monoisotopic (exact) mass is 315 g/mol. The van der Waals surface area contributed by atoms with Gasteiger partial charge in [-0.25, -0.2) is 0 Å². The Morgan fingerprint density at radius 1 is 1.13 bits per heavy atom. The zero-order chi connectivity index (χ0) is 18.0. The highest BCUT2D eigenvalue weighted by Gasteiger charge is 2.19. The Kier molecular flexibility index (Phi) is 9.59. The minimum absolute atomic E-state index is 0.00977. The second-order valence-electron chi connectivity index (χ2n) is 5.67. The molecule has 1 N–H and O–H groups in total. The van der Waals surface area contributed by atoms with Crippen molar-refractivity contribution >= 4 is 5.91 Å². The number of allylic oxidation sites excluding steroid dienone is 3. The molecule has 0 heterocycles. The van der Waals surface area contributed by atoms with Crippen molar-refractivity contribution < 1.29 is 9.90 Å². The van der Waals surface area contributed by atoms with Crippen LogP contribution in [0.25, 0.3) is 0 Å². The van der Waals surface area contributed by atoms with E-state index in [4.69, 9.17) is 5.11 Å². The molecule has 0 saturated heterocycles. The van der Waals surface area contributed by atoms with Crippen LogP contribution in [0.4, 0.5) is 0 Å². The van der Waals surface area contributed by atoms with Gasteiger partial charge in [0.25, 0.3) is 5.91 Å². The number of rotatable bonds is 5. The van der Waals surface area contributed by atoms with Crippen LogP contribution in [0.15, 0.2) is 65.8 Å². The zero-order valence-electron chi connectivity index (χ0n) is 15.1. The lowest BCUT2D eigenvalue weighted by Crippen LogP contribution is -2.30. The third-order valence-electron chi connectivity index (χ3n) is 3.28. The first kappa shape index (κ1) is 20.9. The molecule has 0 aliphatic carbocycles. The van der Waals surface area contributed by atoms with Crippen LogP contribution in [0, 0.1) is 0 Å². The summed E-state index contributed by atoms with van der Waals surface area (Å²) in [6.45, 7) is 11.8. The molecule has 1 amide bonds. The van der Waals surface area contributed by atoms with E-state index in [0.29, 0.717) is 5.57 Å². The Morgan fingerprint density at radius 3 is 2.09 bits per heavy atom. The molecule has 1 rings (SSSR count). The van der Waals surface area contributed by atoms with Crippen LogP contribution < -0.4 is 0 Å². The van der Waals surface area contributed by atoms with Crippen LogP contribution in [-0.4, -0.2) is 30.1 Å². The van der Waals surface area contributed by atoms with E-state index in [1.165, 1.54) is 0 Å². The standard InChI is InChI=1S/C19H25NO.CH4O/c1-14(2)12-18(13-15(3)4)19(21)20(6)16(5)17-10-8-7-9-11-17;1-2/h7-13,16H,1H2,2-6H3;2H,1H3/b18-12+;/t16-;/m0./s1. The number of likely N-dealkylation sites (N-methyl/N-ethyl adjacent to an activating group) is 1. The Hall–Kier alpha value is -2.13. The topological polar surface area (TPSA) is 40.5 Å². The molecule has 126 valence electrons. The molecule has 1 atom stereocenters. The Morgan fingerprint density at radius 2 is 1.65 bits per heavy atom. The first-order chi connectivity index (χ1) is 10.8. The summed E-state index contributed by atoms with van der Waals surface area (Å²) in [6, 6.07) is 10.1. The molecular formula is C20H29NO2. The van der Waals surface area contributed by atoms with Gasteiger partial charge in [0, 0.05) is 19.7 Å². The third-order valence-corrected chi connectivity index (χ3v) is 3.28. The number of aliphatic hydroxyl groups is 1. The predicted octanol–water partition coefficient (Wildman–Crippen LogP) is 4.28. The average molecular weight is 315 g/mol. The fourth-order valence-electron chi connectivity index (χ4n) is 2.08. The van der Waals surface area contributed by atoms with Gasteiger partial charge in [0.15, 0.2) is 0 Å². The van der Waals surface area contributed by atoms with Gasteiger partial charge in [-0.15, -0.1) is 0 Å². The highest BCUT2D eigenvalue weighted by atomic mass is 16.2. The fraction of sp³-hybridized carbons (Fsp3) is 0.350. The molecule has 0 saturated carbocycles. The van der Waals surface area contributed by atoms with Crippen molar-refractivity contribution in [2.45, 2.75) is 33.7 Å². The molecule has 1 aromatic carbocycles. The van der Waals surface area contributed by atoms with E-state index < -0.39 is 0 Å². The number of amides is 1. The number of carbonyl (C=O) groups excluding carboxylic acids is 1. The summed E-state index contributed by atoms with van der Waals surface area (Å²) in [4.78, 5) is 14.5. The number of benzene rings is 1. The molecule has 0 aliphatic heterocycles. The fourth-order valence-corrected chi connectivity index (χ4v) is 2.08. The summed E-state index contributed by atoms with van der Waals surface area (Å²) in [5.41, 5.74) is 3.77. The maximum Gasteiger partial charge on any atom is 0.254 e. The third kappa shape index (κ3) is 7.11. The molecule has 1 aromatic rings. The molecule has 3 heteroatoms. The summed E-state index contributed by atoms with van der Waals surface area (Å²) in [6.07, 6.45) is 3.74. The number of hydrogen-bond acceptors (Lipinski definition) is 2. The summed E-state index contributed by atoms with van der Waals surface area (Å²) in [5.74, 6) is 0.00977. The van der Waals surface area contributed by atoms with E-state index in [1.54, 1.807) is 4.90 Å². The van der Waals surface area contributed by atoms with Gasteiger partial charge in [-0.2, -0.15) is 0 Å². The van der Waals surface area contributed by atoms with E-state index in [2.05, 4.69) is 6.58 Å². The number of nitrogens with zero attached hydrogens (tertiary/aromatic N) is 1. The summed E-state index contributed by atoms with van der Waals surface area (Å²) >= 11 is 0. The van der Waals surface area contributed by atoms with Gasteiger partial charge in [0.2, 0.25) is 0 Å². The molecule has 0 bridgehead atoms. The predicted molar refractivity (Wildman–Crippen MR) is 98.1 cm³/mol. The molecule has 23 heavy (non-hydrogen) atoms. The largest absolute Gasteiger partial charge is 0.400 e. The second kappa shape index (κ2) is 10.6. The van der Waals surface area contributed by atoms with E-state index in [0.717, 1.165) is 23.8 Å². The van der Waals surface area contributed by atoms with Gasteiger partial charge in [-0.1, -0.05) is 54.1 Å². The van der Waals surface area contributed by atoms with E-state index in [-0.39, 0.29) is 11.9 Å². The van der Waals surface area contributed by atoms with E-state index in [1.807, 2.05) is 77.2 Å². The van der Waals surface area contributed by atoms with Crippen LogP contribution in [-0.2, 0) is 4.79 Å². The smallest absolute Gasteiger partial charge is 0.254 e. The summed E-state index contributed by atoms with van der Waals surface area (Å²) < 4.78 is 0. The molecule has 0 unspecified atom stereocenters. The highest BCUT2D eigenvalue weighted by Crippen LogP contribution is 2.21. The van der Waals surface area contributed by atoms with Crippen molar-refractivity contribution in [3.05, 3.63) is 71.3 Å². The quantitative estimate of drug-likeness (QED) is 0.650. The van der Waals surface area contributed by atoms with Crippen molar-refractivity contribution in [2.24, 2.45) is 0 Å². The number of carbonyl (C=O) groups is 1. The lowest BCUT2D eigenvalue weighted by atomic mass is 10.0. The SMILES string of the molecule is C=C(C)/C=C(\C=C(C)C)C(=O)N(C)[C@@H](C)c1ccccc1.CO. The first-order valence-corrected chi connectivity index (χ1v) is 7.62.